The first-order valence-electron chi connectivity index (χ1n) is 5.79. The van der Waals surface area contributed by atoms with Crippen LogP contribution < -0.4 is 5.32 Å². The van der Waals surface area contributed by atoms with Gasteiger partial charge in [-0.05, 0) is 37.3 Å². The van der Waals surface area contributed by atoms with Crippen LogP contribution in [0.15, 0.2) is 42.5 Å². The number of carbonyl (C=O) groups is 1. The van der Waals surface area contributed by atoms with E-state index in [1.54, 1.807) is 12.2 Å². The van der Waals surface area contributed by atoms with Crippen molar-refractivity contribution in [3.05, 3.63) is 48.0 Å². The second kappa shape index (κ2) is 4.97. The van der Waals surface area contributed by atoms with Crippen LogP contribution in [0.3, 0.4) is 0 Å². The van der Waals surface area contributed by atoms with E-state index in [0.29, 0.717) is 5.92 Å². The van der Waals surface area contributed by atoms with Gasteiger partial charge in [0.25, 0.3) is 0 Å². The Labute approximate surface area is 96.4 Å². The van der Waals surface area contributed by atoms with Gasteiger partial charge in [0.1, 0.15) is 0 Å². The molecule has 1 amide bonds. The zero-order valence-corrected chi connectivity index (χ0v) is 9.52. The van der Waals surface area contributed by atoms with E-state index in [1.807, 2.05) is 25.1 Å². The third-order valence-electron chi connectivity index (χ3n) is 2.87. The van der Waals surface area contributed by atoms with E-state index in [-0.39, 0.29) is 11.9 Å². The fourth-order valence-electron chi connectivity index (χ4n) is 1.92. The van der Waals surface area contributed by atoms with Gasteiger partial charge in [-0.2, -0.15) is 0 Å². The summed E-state index contributed by atoms with van der Waals surface area (Å²) >= 11 is 0. The lowest BCUT2D eigenvalue weighted by Crippen LogP contribution is -2.28. The van der Waals surface area contributed by atoms with Gasteiger partial charge in [-0.25, -0.2) is 0 Å². The summed E-state index contributed by atoms with van der Waals surface area (Å²) in [6.45, 7) is 1.86. The summed E-state index contributed by atoms with van der Waals surface area (Å²) in [5.41, 5.74) is 1.21. The number of benzene rings is 1. The Kier molecular flexibility index (Phi) is 3.40. The Balaban J connectivity index is 2.09. The zero-order valence-electron chi connectivity index (χ0n) is 9.52. The molecule has 2 rings (SSSR count). The molecule has 1 aliphatic carbocycles. The molecule has 1 N–H and O–H groups in total. The third kappa shape index (κ3) is 2.72. The van der Waals surface area contributed by atoms with Crippen molar-refractivity contribution in [1.82, 2.24) is 5.32 Å². The predicted octanol–water partition coefficient (Wildman–Crippen LogP) is 2.83. The molecule has 0 heterocycles. The van der Waals surface area contributed by atoms with Gasteiger partial charge < -0.3 is 5.32 Å². The maximum absolute atomic E-state index is 11.6. The molecular formula is C14H17NO. The zero-order chi connectivity index (χ0) is 11.4. The van der Waals surface area contributed by atoms with Crippen molar-refractivity contribution >= 4 is 5.91 Å². The average molecular weight is 215 g/mol. The summed E-state index contributed by atoms with van der Waals surface area (Å²) in [6.07, 6.45) is 5.79. The van der Waals surface area contributed by atoms with Gasteiger partial charge in [-0.3, -0.25) is 4.79 Å². The van der Waals surface area contributed by atoms with E-state index in [4.69, 9.17) is 0 Å². The van der Waals surface area contributed by atoms with Crippen LogP contribution in [0.1, 0.15) is 31.4 Å². The molecule has 1 saturated carbocycles. The van der Waals surface area contributed by atoms with Gasteiger partial charge in [0.05, 0.1) is 6.04 Å². The monoisotopic (exact) mass is 215 g/mol. The summed E-state index contributed by atoms with van der Waals surface area (Å²) in [5, 5.41) is 3.07. The second-order valence-electron chi connectivity index (χ2n) is 4.23. The second-order valence-corrected chi connectivity index (χ2v) is 4.23. The minimum absolute atomic E-state index is 0.00301. The number of nitrogens with one attached hydrogen (secondary N) is 1. The fourth-order valence-corrected chi connectivity index (χ4v) is 1.92. The maximum atomic E-state index is 11.6. The number of hydrogen-bond donors (Lipinski definition) is 1. The molecule has 2 nitrogen and oxygen atoms in total. The molecule has 0 saturated heterocycles. The Hall–Kier alpha value is -1.57. The molecule has 0 spiro atoms. The normalized spacial score (nSPS) is 17.3. The molecule has 1 aromatic carbocycles. The van der Waals surface area contributed by atoms with Gasteiger partial charge in [0, 0.05) is 0 Å². The first-order chi connectivity index (χ1) is 7.81. The first-order valence-corrected chi connectivity index (χ1v) is 5.79. The molecule has 1 aliphatic rings. The topological polar surface area (TPSA) is 29.1 Å². The smallest absolute Gasteiger partial charge is 0.244 e. The lowest BCUT2D eigenvalue weighted by molar-refractivity contribution is -0.117. The Morgan fingerprint density at radius 1 is 1.38 bits per heavy atom. The SMILES string of the molecule is CC=CC(=O)NC(c1ccccc1)C1CC1. The molecular weight excluding hydrogens is 198 g/mol. The highest BCUT2D eigenvalue weighted by molar-refractivity contribution is 5.87. The maximum Gasteiger partial charge on any atom is 0.244 e. The van der Waals surface area contributed by atoms with E-state index in [1.165, 1.54) is 18.4 Å². The van der Waals surface area contributed by atoms with Crippen molar-refractivity contribution in [2.24, 2.45) is 5.92 Å². The van der Waals surface area contributed by atoms with E-state index in [0.717, 1.165) is 0 Å². The lowest BCUT2D eigenvalue weighted by Gasteiger charge is -2.17. The van der Waals surface area contributed by atoms with Crippen LogP contribution in [-0.2, 0) is 4.79 Å². The Morgan fingerprint density at radius 2 is 2.06 bits per heavy atom. The largest absolute Gasteiger partial charge is 0.345 e. The van der Waals surface area contributed by atoms with Crippen molar-refractivity contribution in [2.45, 2.75) is 25.8 Å². The van der Waals surface area contributed by atoms with Crippen LogP contribution in [-0.4, -0.2) is 5.91 Å². The summed E-state index contributed by atoms with van der Waals surface area (Å²) in [5.74, 6) is 0.625. The van der Waals surface area contributed by atoms with Gasteiger partial charge in [-0.15, -0.1) is 0 Å². The van der Waals surface area contributed by atoms with Gasteiger partial charge in [-0.1, -0.05) is 36.4 Å². The van der Waals surface area contributed by atoms with Crippen LogP contribution >= 0.6 is 0 Å². The number of allylic oxidation sites excluding steroid dienone is 1. The van der Waals surface area contributed by atoms with E-state index >= 15 is 0 Å². The molecule has 0 bridgehead atoms. The van der Waals surface area contributed by atoms with Crippen molar-refractivity contribution in [1.29, 1.82) is 0 Å². The van der Waals surface area contributed by atoms with Gasteiger partial charge in [0.15, 0.2) is 0 Å². The molecule has 0 aliphatic heterocycles. The van der Waals surface area contributed by atoms with E-state index in [2.05, 4.69) is 17.4 Å². The average Bonchev–Trinajstić information content (AvgIpc) is 3.11. The lowest BCUT2D eigenvalue weighted by atomic mass is 10.0. The van der Waals surface area contributed by atoms with Crippen LogP contribution in [0.5, 0.6) is 0 Å². The van der Waals surface area contributed by atoms with Crippen LogP contribution in [0.4, 0.5) is 0 Å². The van der Waals surface area contributed by atoms with Gasteiger partial charge >= 0.3 is 0 Å². The van der Waals surface area contributed by atoms with Crippen molar-refractivity contribution in [3.63, 3.8) is 0 Å². The highest BCUT2D eigenvalue weighted by Crippen LogP contribution is 2.40. The molecule has 0 radical (unpaired) electrons. The summed E-state index contributed by atoms with van der Waals surface area (Å²) in [7, 11) is 0. The molecule has 84 valence electrons. The first kappa shape index (κ1) is 10.9. The summed E-state index contributed by atoms with van der Waals surface area (Å²) in [4.78, 5) is 11.6. The van der Waals surface area contributed by atoms with Gasteiger partial charge in [0.2, 0.25) is 5.91 Å². The predicted molar refractivity (Wildman–Crippen MR) is 64.9 cm³/mol. The minimum atomic E-state index is 0.00301. The molecule has 1 atom stereocenters. The number of amides is 1. The van der Waals surface area contributed by atoms with Crippen LogP contribution in [0.25, 0.3) is 0 Å². The van der Waals surface area contributed by atoms with Crippen LogP contribution in [0, 0.1) is 5.92 Å². The quantitative estimate of drug-likeness (QED) is 0.769. The molecule has 1 fully saturated rings. The molecule has 0 aromatic heterocycles. The molecule has 2 heteroatoms. The Bertz CT molecular complexity index is 379. The van der Waals surface area contributed by atoms with Crippen molar-refractivity contribution in [3.8, 4) is 0 Å². The molecule has 16 heavy (non-hydrogen) atoms. The summed E-state index contributed by atoms with van der Waals surface area (Å²) in [6, 6.07) is 10.4. The number of carbonyl (C=O) groups excluding carboxylic acids is 1. The highest BCUT2D eigenvalue weighted by atomic mass is 16.1. The number of hydrogen-bond acceptors (Lipinski definition) is 1. The highest BCUT2D eigenvalue weighted by Gasteiger charge is 2.32. The third-order valence-corrected chi connectivity index (χ3v) is 2.87. The fraction of sp³-hybridized carbons (Fsp3) is 0.357. The summed E-state index contributed by atoms with van der Waals surface area (Å²) < 4.78 is 0. The van der Waals surface area contributed by atoms with Crippen molar-refractivity contribution in [2.75, 3.05) is 0 Å². The van der Waals surface area contributed by atoms with E-state index in [9.17, 15) is 4.79 Å². The molecule has 1 aromatic rings. The number of rotatable bonds is 4. The van der Waals surface area contributed by atoms with E-state index < -0.39 is 0 Å². The van der Waals surface area contributed by atoms with Crippen LogP contribution in [0.2, 0.25) is 0 Å². The Morgan fingerprint density at radius 3 is 2.62 bits per heavy atom. The standard InChI is InChI=1S/C14H17NO/c1-2-6-13(16)15-14(12-9-10-12)11-7-4-3-5-8-11/h2-8,12,14H,9-10H2,1H3,(H,15,16). The molecule has 1 unspecified atom stereocenters. The van der Waals surface area contributed by atoms with Crippen molar-refractivity contribution < 1.29 is 4.79 Å². The minimum Gasteiger partial charge on any atom is -0.345 e.